The molecule has 0 atom stereocenters. The quantitative estimate of drug-likeness (QED) is 0.831. The van der Waals surface area contributed by atoms with Gasteiger partial charge in [-0.3, -0.25) is 9.78 Å². The first-order valence-electron chi connectivity index (χ1n) is 6.57. The molecule has 2 N–H and O–H groups in total. The van der Waals surface area contributed by atoms with Gasteiger partial charge in [0, 0.05) is 6.54 Å². The molecule has 2 rings (SSSR count). The molecule has 104 valence electrons. The monoisotopic (exact) mass is 283 g/mol. The van der Waals surface area contributed by atoms with E-state index in [9.17, 15) is 9.90 Å². The zero-order chi connectivity index (χ0) is 13.7. The molecule has 6 heteroatoms. The van der Waals surface area contributed by atoms with Gasteiger partial charge < -0.3 is 10.4 Å². The summed E-state index contributed by atoms with van der Waals surface area (Å²) in [7, 11) is 0. The molecule has 19 heavy (non-hydrogen) atoms. The second-order valence-corrected chi connectivity index (χ2v) is 5.47. The number of halogens is 1. The van der Waals surface area contributed by atoms with E-state index in [0.717, 1.165) is 25.7 Å². The lowest BCUT2D eigenvalue weighted by molar-refractivity contribution is -0.149. The number of aromatic nitrogens is 2. The zero-order valence-electron chi connectivity index (χ0n) is 10.7. The van der Waals surface area contributed by atoms with Crippen molar-refractivity contribution in [3.8, 4) is 0 Å². The number of carbonyl (C=O) groups is 1. The molecule has 0 aromatic carbocycles. The predicted molar refractivity (Wildman–Crippen MR) is 73.3 cm³/mol. The number of carboxylic acid groups (broad SMARTS) is 1. The molecule has 0 aliphatic heterocycles. The van der Waals surface area contributed by atoms with Crippen molar-refractivity contribution in [1.29, 1.82) is 0 Å². The molecule has 1 aliphatic carbocycles. The Morgan fingerprint density at radius 1 is 1.32 bits per heavy atom. The highest BCUT2D eigenvalue weighted by Crippen LogP contribution is 2.35. The number of anilines is 1. The Kier molecular flexibility index (Phi) is 4.58. The number of nitrogens with one attached hydrogen (secondary N) is 1. The van der Waals surface area contributed by atoms with E-state index in [0.29, 0.717) is 30.4 Å². The minimum Gasteiger partial charge on any atom is -0.481 e. The van der Waals surface area contributed by atoms with Gasteiger partial charge in [0.05, 0.1) is 17.8 Å². The maximum absolute atomic E-state index is 11.6. The molecule has 0 spiro atoms. The third-order valence-corrected chi connectivity index (χ3v) is 3.91. The van der Waals surface area contributed by atoms with E-state index >= 15 is 0 Å². The largest absolute Gasteiger partial charge is 0.481 e. The van der Waals surface area contributed by atoms with Gasteiger partial charge in [0.2, 0.25) is 0 Å². The third kappa shape index (κ3) is 3.56. The van der Waals surface area contributed by atoms with Crippen LogP contribution in [0.5, 0.6) is 0 Å². The average Bonchev–Trinajstić information content (AvgIpc) is 2.63. The van der Waals surface area contributed by atoms with Crippen molar-refractivity contribution >= 4 is 23.4 Å². The third-order valence-electron chi connectivity index (χ3n) is 3.73. The molecule has 0 unspecified atom stereocenters. The van der Waals surface area contributed by atoms with E-state index in [-0.39, 0.29) is 0 Å². The highest BCUT2D eigenvalue weighted by Gasteiger charge is 2.38. The van der Waals surface area contributed by atoms with Gasteiger partial charge in [-0.1, -0.05) is 37.3 Å². The average molecular weight is 284 g/mol. The predicted octanol–water partition coefficient (Wildman–Crippen LogP) is 2.97. The van der Waals surface area contributed by atoms with Crippen molar-refractivity contribution in [2.24, 2.45) is 5.41 Å². The van der Waals surface area contributed by atoms with Gasteiger partial charge in [-0.25, -0.2) is 4.98 Å². The van der Waals surface area contributed by atoms with Crippen molar-refractivity contribution in [1.82, 2.24) is 9.97 Å². The summed E-state index contributed by atoms with van der Waals surface area (Å²) in [6.07, 6.45) is 8.60. The lowest BCUT2D eigenvalue weighted by Gasteiger charge is -2.28. The summed E-state index contributed by atoms with van der Waals surface area (Å²) in [5.41, 5.74) is -0.694. The van der Waals surface area contributed by atoms with Gasteiger partial charge in [-0.2, -0.15) is 0 Å². The standard InChI is InChI=1S/C13H18ClN3O2/c14-10-7-15-8-11(17-10)16-9-13(12(18)19)5-3-1-2-4-6-13/h7-8H,1-6,9H2,(H,16,17)(H,18,19). The number of rotatable bonds is 4. The zero-order valence-corrected chi connectivity index (χ0v) is 11.5. The van der Waals surface area contributed by atoms with Crippen LogP contribution in [-0.4, -0.2) is 27.6 Å². The second-order valence-electron chi connectivity index (χ2n) is 5.08. The van der Waals surface area contributed by atoms with Crippen LogP contribution >= 0.6 is 11.6 Å². The molecule has 1 heterocycles. The van der Waals surface area contributed by atoms with Crippen molar-refractivity contribution in [3.63, 3.8) is 0 Å². The van der Waals surface area contributed by atoms with Gasteiger partial charge in [-0.15, -0.1) is 0 Å². The SMILES string of the molecule is O=C(O)C1(CNc2cncc(Cl)n2)CCCCCC1. The van der Waals surface area contributed by atoms with E-state index < -0.39 is 11.4 Å². The fourth-order valence-corrected chi connectivity index (χ4v) is 2.71. The second kappa shape index (κ2) is 6.19. The highest BCUT2D eigenvalue weighted by molar-refractivity contribution is 6.29. The minimum atomic E-state index is -0.725. The molecule has 0 bridgehead atoms. The Morgan fingerprint density at radius 3 is 2.58 bits per heavy atom. The van der Waals surface area contributed by atoms with Gasteiger partial charge in [0.25, 0.3) is 0 Å². The number of hydrogen-bond acceptors (Lipinski definition) is 4. The van der Waals surface area contributed by atoms with Crippen LogP contribution in [-0.2, 0) is 4.79 Å². The Labute approximate surface area is 117 Å². The summed E-state index contributed by atoms with van der Waals surface area (Å²) < 4.78 is 0. The molecule has 0 radical (unpaired) electrons. The first-order chi connectivity index (χ1) is 9.12. The van der Waals surface area contributed by atoms with Crippen molar-refractivity contribution in [2.45, 2.75) is 38.5 Å². The maximum Gasteiger partial charge on any atom is 0.311 e. The smallest absolute Gasteiger partial charge is 0.311 e. The van der Waals surface area contributed by atoms with E-state index in [4.69, 9.17) is 11.6 Å². The van der Waals surface area contributed by atoms with Gasteiger partial charge >= 0.3 is 5.97 Å². The lowest BCUT2D eigenvalue weighted by atomic mass is 9.80. The fourth-order valence-electron chi connectivity index (χ4n) is 2.56. The van der Waals surface area contributed by atoms with Crippen molar-refractivity contribution in [3.05, 3.63) is 17.5 Å². The molecule has 5 nitrogen and oxygen atoms in total. The normalized spacial score (nSPS) is 18.6. The molecular formula is C13H18ClN3O2. The van der Waals surface area contributed by atoms with Crippen molar-refractivity contribution in [2.75, 3.05) is 11.9 Å². The topological polar surface area (TPSA) is 75.1 Å². The first kappa shape index (κ1) is 14.1. The van der Waals surface area contributed by atoms with Crippen LogP contribution in [0.1, 0.15) is 38.5 Å². The van der Waals surface area contributed by atoms with E-state index in [1.54, 1.807) is 6.20 Å². The summed E-state index contributed by atoms with van der Waals surface area (Å²) in [6.45, 7) is 0.372. The number of carboxylic acids is 1. The summed E-state index contributed by atoms with van der Waals surface area (Å²) in [5.74, 6) is -0.200. The summed E-state index contributed by atoms with van der Waals surface area (Å²) >= 11 is 5.76. The summed E-state index contributed by atoms with van der Waals surface area (Å²) in [6, 6.07) is 0. The van der Waals surface area contributed by atoms with Crippen LogP contribution in [0.4, 0.5) is 5.82 Å². The molecule has 0 saturated heterocycles. The van der Waals surface area contributed by atoms with Crippen LogP contribution in [0.3, 0.4) is 0 Å². The number of aliphatic carboxylic acids is 1. The summed E-state index contributed by atoms with van der Waals surface area (Å²) in [4.78, 5) is 19.6. The van der Waals surface area contributed by atoms with Crippen LogP contribution in [0, 0.1) is 5.41 Å². The highest BCUT2D eigenvalue weighted by atomic mass is 35.5. The minimum absolute atomic E-state index is 0.301. The van der Waals surface area contributed by atoms with Gasteiger partial charge in [0.15, 0.2) is 0 Å². The van der Waals surface area contributed by atoms with Crippen LogP contribution in [0.25, 0.3) is 0 Å². The van der Waals surface area contributed by atoms with Crippen LogP contribution in [0.2, 0.25) is 5.15 Å². The lowest BCUT2D eigenvalue weighted by Crippen LogP contribution is -2.37. The Morgan fingerprint density at radius 2 is 2.00 bits per heavy atom. The fraction of sp³-hybridized carbons (Fsp3) is 0.615. The summed E-state index contributed by atoms with van der Waals surface area (Å²) in [5, 5.41) is 12.9. The van der Waals surface area contributed by atoms with E-state index in [2.05, 4.69) is 15.3 Å². The maximum atomic E-state index is 11.6. The Hall–Kier alpha value is -1.36. The van der Waals surface area contributed by atoms with Crippen LogP contribution in [0.15, 0.2) is 12.4 Å². The molecule has 1 aromatic heterocycles. The molecule has 0 amide bonds. The molecule has 1 aromatic rings. The number of nitrogens with zero attached hydrogens (tertiary/aromatic N) is 2. The Balaban J connectivity index is 2.06. The van der Waals surface area contributed by atoms with E-state index in [1.807, 2.05) is 0 Å². The van der Waals surface area contributed by atoms with Gasteiger partial charge in [-0.05, 0) is 12.8 Å². The molecular weight excluding hydrogens is 266 g/mol. The van der Waals surface area contributed by atoms with E-state index in [1.165, 1.54) is 6.20 Å². The molecule has 1 fully saturated rings. The molecule has 1 aliphatic rings. The first-order valence-corrected chi connectivity index (χ1v) is 6.95. The number of hydrogen-bond donors (Lipinski definition) is 2. The molecule has 1 saturated carbocycles. The Bertz CT molecular complexity index is 445. The van der Waals surface area contributed by atoms with Crippen LogP contribution < -0.4 is 5.32 Å². The van der Waals surface area contributed by atoms with Gasteiger partial charge in [0.1, 0.15) is 11.0 Å². The van der Waals surface area contributed by atoms with Crippen molar-refractivity contribution < 1.29 is 9.90 Å².